The van der Waals surface area contributed by atoms with Crippen LogP contribution >= 0.6 is 11.3 Å². The van der Waals surface area contributed by atoms with E-state index in [1.165, 1.54) is 25.7 Å². The summed E-state index contributed by atoms with van der Waals surface area (Å²) in [7, 11) is 0. The molecular weight excluding hydrogens is 517 g/mol. The van der Waals surface area contributed by atoms with Crippen molar-refractivity contribution in [1.29, 1.82) is 0 Å². The van der Waals surface area contributed by atoms with Gasteiger partial charge in [-0.15, -0.1) is 23.8 Å². The standard InChI is InChI=1S/C22H15N2S.Ir/c1-15-6-2-4-8-19(15)24-13-12-23-22(24)16-10-11-21-18(14-16)17-7-3-5-9-20(17)25-21;/h2-9,11-14H,1H3;/q-1;. The van der Waals surface area contributed by atoms with Crippen molar-refractivity contribution in [2.24, 2.45) is 0 Å². The number of aromatic nitrogens is 2. The predicted octanol–water partition coefficient (Wildman–Crippen LogP) is 6.01. The summed E-state index contributed by atoms with van der Waals surface area (Å²) in [4.78, 5) is 4.61. The third-order valence-electron chi connectivity index (χ3n) is 4.57. The molecule has 1 radical (unpaired) electrons. The van der Waals surface area contributed by atoms with Crippen molar-refractivity contribution in [2.75, 3.05) is 0 Å². The van der Waals surface area contributed by atoms with E-state index in [0.29, 0.717) is 0 Å². The molecule has 0 saturated heterocycles. The van der Waals surface area contributed by atoms with Gasteiger partial charge < -0.3 is 4.57 Å². The number of nitrogens with zero attached hydrogens (tertiary/aromatic N) is 2. The van der Waals surface area contributed by atoms with Crippen LogP contribution in [0.5, 0.6) is 0 Å². The van der Waals surface area contributed by atoms with Gasteiger partial charge in [0.05, 0.1) is 5.82 Å². The Balaban J connectivity index is 0.00000168. The van der Waals surface area contributed by atoms with Gasteiger partial charge in [-0.25, -0.2) is 0 Å². The van der Waals surface area contributed by atoms with Crippen molar-refractivity contribution >= 4 is 31.5 Å². The zero-order valence-electron chi connectivity index (χ0n) is 14.1. The van der Waals surface area contributed by atoms with Crippen LogP contribution in [0.3, 0.4) is 0 Å². The summed E-state index contributed by atoms with van der Waals surface area (Å²) in [5, 5.41) is 2.57. The number of rotatable bonds is 2. The Morgan fingerprint density at radius 2 is 1.77 bits per heavy atom. The Labute approximate surface area is 169 Å². The summed E-state index contributed by atoms with van der Waals surface area (Å²) in [6.07, 6.45) is 3.87. The van der Waals surface area contributed by atoms with Crippen molar-refractivity contribution < 1.29 is 20.1 Å². The molecule has 0 atom stereocenters. The quantitative estimate of drug-likeness (QED) is 0.255. The second-order valence-electron chi connectivity index (χ2n) is 6.13. The second-order valence-corrected chi connectivity index (χ2v) is 7.21. The number of para-hydroxylation sites is 1. The molecule has 0 saturated carbocycles. The van der Waals surface area contributed by atoms with Gasteiger partial charge in [0.15, 0.2) is 0 Å². The van der Waals surface area contributed by atoms with E-state index in [4.69, 9.17) is 0 Å². The van der Waals surface area contributed by atoms with Crippen LogP contribution in [0, 0.1) is 13.0 Å². The SMILES string of the molecule is Cc1ccccc1-n1ccnc1-c1[c-]cc2sc3ccccc3c2c1.[Ir]. The molecule has 26 heavy (non-hydrogen) atoms. The third-order valence-corrected chi connectivity index (χ3v) is 5.70. The molecule has 5 aromatic rings. The van der Waals surface area contributed by atoms with Gasteiger partial charge in [-0.1, -0.05) is 41.8 Å². The Kier molecular flexibility index (Phi) is 4.49. The maximum Gasteiger partial charge on any atom is 0.0603 e. The average Bonchev–Trinajstić information content (AvgIpc) is 3.26. The number of thiophene rings is 1. The Bertz CT molecular complexity index is 1220. The molecule has 0 spiro atoms. The summed E-state index contributed by atoms with van der Waals surface area (Å²) < 4.78 is 4.71. The first kappa shape index (κ1) is 17.2. The zero-order chi connectivity index (χ0) is 16.8. The first-order valence-electron chi connectivity index (χ1n) is 8.24. The number of aryl methyl sites for hydroxylation is 1. The second kappa shape index (κ2) is 6.81. The summed E-state index contributed by atoms with van der Waals surface area (Å²) >= 11 is 1.81. The molecule has 0 unspecified atom stereocenters. The monoisotopic (exact) mass is 532 g/mol. The minimum atomic E-state index is 0. The van der Waals surface area contributed by atoms with Crippen LogP contribution in [0.4, 0.5) is 0 Å². The first-order valence-corrected chi connectivity index (χ1v) is 9.05. The molecule has 2 nitrogen and oxygen atoms in total. The molecule has 0 fully saturated rings. The fourth-order valence-corrected chi connectivity index (χ4v) is 4.40. The van der Waals surface area contributed by atoms with Gasteiger partial charge in [0, 0.05) is 42.9 Å². The molecule has 0 amide bonds. The number of hydrogen-bond acceptors (Lipinski definition) is 2. The summed E-state index contributed by atoms with van der Waals surface area (Å²) in [5.41, 5.74) is 3.40. The van der Waals surface area contributed by atoms with Crippen molar-refractivity contribution in [3.05, 3.63) is 84.7 Å². The van der Waals surface area contributed by atoms with Crippen LogP contribution in [0.1, 0.15) is 5.56 Å². The Morgan fingerprint density at radius 3 is 2.65 bits per heavy atom. The van der Waals surface area contributed by atoms with E-state index in [-0.39, 0.29) is 20.1 Å². The molecule has 0 aliphatic carbocycles. The van der Waals surface area contributed by atoms with Crippen LogP contribution in [-0.4, -0.2) is 9.55 Å². The van der Waals surface area contributed by atoms with Crippen molar-refractivity contribution in [2.45, 2.75) is 6.92 Å². The van der Waals surface area contributed by atoms with E-state index in [2.05, 4.69) is 83.2 Å². The Morgan fingerprint density at radius 1 is 0.962 bits per heavy atom. The topological polar surface area (TPSA) is 17.8 Å². The molecule has 2 heterocycles. The van der Waals surface area contributed by atoms with Crippen LogP contribution < -0.4 is 0 Å². The predicted molar refractivity (Wildman–Crippen MR) is 105 cm³/mol. The van der Waals surface area contributed by atoms with Gasteiger partial charge in [-0.2, -0.15) is 11.3 Å². The third kappa shape index (κ3) is 2.71. The molecule has 4 heteroatoms. The molecule has 0 aliphatic heterocycles. The van der Waals surface area contributed by atoms with Crippen molar-refractivity contribution in [3.63, 3.8) is 0 Å². The number of fused-ring (bicyclic) bond motifs is 3. The number of benzene rings is 3. The van der Waals surface area contributed by atoms with E-state index >= 15 is 0 Å². The van der Waals surface area contributed by atoms with E-state index < -0.39 is 0 Å². The van der Waals surface area contributed by atoms with Gasteiger partial charge in [0.1, 0.15) is 0 Å². The number of hydrogen-bond donors (Lipinski definition) is 0. The molecular formula is C22H15IrN2S-. The maximum atomic E-state index is 4.61. The molecule has 5 rings (SSSR count). The van der Waals surface area contributed by atoms with Gasteiger partial charge in [-0.05, 0) is 34.7 Å². The van der Waals surface area contributed by atoms with E-state index in [1.807, 2.05) is 23.7 Å². The van der Waals surface area contributed by atoms with Crippen LogP contribution in [-0.2, 0) is 20.1 Å². The van der Waals surface area contributed by atoms with E-state index in [1.54, 1.807) is 0 Å². The molecule has 2 aromatic heterocycles. The van der Waals surface area contributed by atoms with Crippen LogP contribution in [0.25, 0.3) is 37.2 Å². The minimum Gasteiger partial charge on any atom is -0.340 e. The molecule has 0 N–H and O–H groups in total. The summed E-state index contributed by atoms with van der Waals surface area (Å²) in [5.74, 6) is 0.923. The van der Waals surface area contributed by atoms with Crippen LogP contribution in [0.2, 0.25) is 0 Å². The van der Waals surface area contributed by atoms with Gasteiger partial charge >= 0.3 is 0 Å². The average molecular weight is 532 g/mol. The zero-order valence-corrected chi connectivity index (χ0v) is 17.3. The van der Waals surface area contributed by atoms with Gasteiger partial charge in [0.2, 0.25) is 0 Å². The molecule has 0 bridgehead atoms. The first-order chi connectivity index (χ1) is 12.3. The van der Waals surface area contributed by atoms with Gasteiger partial charge in [-0.3, -0.25) is 4.98 Å². The fraction of sp³-hybridized carbons (Fsp3) is 0.0455. The Hall–Kier alpha value is -2.26. The molecule has 129 valence electrons. The number of imidazole rings is 1. The maximum absolute atomic E-state index is 4.61. The summed E-state index contributed by atoms with van der Waals surface area (Å²) in [6, 6.07) is 24.7. The molecule has 3 aromatic carbocycles. The fourth-order valence-electron chi connectivity index (χ4n) is 3.33. The van der Waals surface area contributed by atoms with E-state index in [0.717, 1.165) is 17.1 Å². The van der Waals surface area contributed by atoms with Crippen molar-refractivity contribution in [3.8, 4) is 17.1 Å². The van der Waals surface area contributed by atoms with Crippen molar-refractivity contribution in [1.82, 2.24) is 9.55 Å². The molecule has 0 aliphatic rings. The largest absolute Gasteiger partial charge is 0.340 e. The van der Waals surface area contributed by atoms with Crippen LogP contribution in [0.15, 0.2) is 73.1 Å². The van der Waals surface area contributed by atoms with E-state index in [9.17, 15) is 0 Å². The normalized spacial score (nSPS) is 11.0. The minimum absolute atomic E-state index is 0. The van der Waals surface area contributed by atoms with Gasteiger partial charge in [0.25, 0.3) is 0 Å². The smallest absolute Gasteiger partial charge is 0.0603 e. The summed E-state index contributed by atoms with van der Waals surface area (Å²) in [6.45, 7) is 2.12.